The lowest BCUT2D eigenvalue weighted by Crippen LogP contribution is -2.35. The predicted octanol–water partition coefficient (Wildman–Crippen LogP) is 0.600. The van der Waals surface area contributed by atoms with Crippen molar-refractivity contribution in [1.29, 1.82) is 0 Å². The molecule has 0 radical (unpaired) electrons. The third-order valence-electron chi connectivity index (χ3n) is 2.75. The number of carboxylic acid groups (broad SMARTS) is 1. The molecule has 0 aliphatic heterocycles. The van der Waals surface area contributed by atoms with Crippen LogP contribution in [0.4, 0.5) is 0 Å². The molecular formula is C10H19NO3. The van der Waals surface area contributed by atoms with E-state index in [2.05, 4.69) is 12.2 Å². The standard InChI is InChI=1S/C10H19NO3/c1-7-2-3-8(4-7)11-6-9(12)5-10(13)14/h7-9,11-12H,2-6H2,1H3,(H,13,14). The Hall–Kier alpha value is -0.610. The summed E-state index contributed by atoms with van der Waals surface area (Å²) in [4.78, 5) is 10.3. The first-order valence-electron chi connectivity index (χ1n) is 5.21. The van der Waals surface area contributed by atoms with Gasteiger partial charge in [0, 0.05) is 12.6 Å². The van der Waals surface area contributed by atoms with Crippen LogP contribution in [0.5, 0.6) is 0 Å². The zero-order chi connectivity index (χ0) is 10.6. The fourth-order valence-corrected chi connectivity index (χ4v) is 1.97. The zero-order valence-electron chi connectivity index (χ0n) is 8.57. The summed E-state index contributed by atoms with van der Waals surface area (Å²) in [6.07, 6.45) is 2.58. The molecule has 1 rings (SSSR count). The van der Waals surface area contributed by atoms with E-state index in [4.69, 9.17) is 5.11 Å². The summed E-state index contributed by atoms with van der Waals surface area (Å²) in [5.74, 6) is -0.191. The molecule has 82 valence electrons. The zero-order valence-corrected chi connectivity index (χ0v) is 8.57. The summed E-state index contributed by atoms with van der Waals surface area (Å²) in [5.41, 5.74) is 0. The minimum atomic E-state index is -0.945. The van der Waals surface area contributed by atoms with Crippen molar-refractivity contribution in [3.8, 4) is 0 Å². The molecule has 3 N–H and O–H groups in total. The van der Waals surface area contributed by atoms with E-state index >= 15 is 0 Å². The quantitative estimate of drug-likeness (QED) is 0.609. The molecule has 1 aliphatic carbocycles. The van der Waals surface area contributed by atoms with Crippen LogP contribution >= 0.6 is 0 Å². The van der Waals surface area contributed by atoms with E-state index in [0.29, 0.717) is 12.6 Å². The largest absolute Gasteiger partial charge is 0.481 e. The van der Waals surface area contributed by atoms with Crippen molar-refractivity contribution in [1.82, 2.24) is 5.32 Å². The smallest absolute Gasteiger partial charge is 0.306 e. The molecule has 0 saturated heterocycles. The summed E-state index contributed by atoms with van der Waals surface area (Å²) in [7, 11) is 0. The van der Waals surface area contributed by atoms with Crippen LogP contribution in [-0.4, -0.2) is 34.9 Å². The highest BCUT2D eigenvalue weighted by Crippen LogP contribution is 2.24. The van der Waals surface area contributed by atoms with E-state index in [1.54, 1.807) is 0 Å². The fourth-order valence-electron chi connectivity index (χ4n) is 1.97. The molecule has 3 atom stereocenters. The van der Waals surface area contributed by atoms with Gasteiger partial charge in [-0.1, -0.05) is 6.92 Å². The number of carboxylic acids is 1. The van der Waals surface area contributed by atoms with Crippen molar-refractivity contribution in [2.24, 2.45) is 5.92 Å². The van der Waals surface area contributed by atoms with Crippen molar-refractivity contribution in [2.75, 3.05) is 6.54 Å². The van der Waals surface area contributed by atoms with Crippen LogP contribution in [-0.2, 0) is 4.79 Å². The Kier molecular flexibility index (Phi) is 4.35. The highest BCUT2D eigenvalue weighted by Gasteiger charge is 2.21. The van der Waals surface area contributed by atoms with E-state index in [1.165, 1.54) is 6.42 Å². The Bertz CT molecular complexity index is 196. The number of rotatable bonds is 5. The molecule has 1 saturated carbocycles. The first kappa shape index (κ1) is 11.5. The fraction of sp³-hybridized carbons (Fsp3) is 0.900. The lowest BCUT2D eigenvalue weighted by molar-refractivity contribution is -0.139. The molecule has 0 aromatic rings. The molecule has 4 nitrogen and oxygen atoms in total. The van der Waals surface area contributed by atoms with Crippen molar-refractivity contribution >= 4 is 5.97 Å². The monoisotopic (exact) mass is 201 g/mol. The maximum Gasteiger partial charge on any atom is 0.306 e. The highest BCUT2D eigenvalue weighted by molar-refractivity contribution is 5.67. The number of aliphatic hydroxyl groups excluding tert-OH is 1. The molecule has 14 heavy (non-hydrogen) atoms. The third kappa shape index (κ3) is 4.07. The van der Waals surface area contributed by atoms with E-state index in [0.717, 1.165) is 18.8 Å². The molecule has 0 spiro atoms. The van der Waals surface area contributed by atoms with E-state index in [-0.39, 0.29) is 6.42 Å². The Morgan fingerprint density at radius 1 is 1.57 bits per heavy atom. The van der Waals surface area contributed by atoms with Gasteiger partial charge >= 0.3 is 5.97 Å². The molecule has 0 bridgehead atoms. The van der Waals surface area contributed by atoms with Crippen LogP contribution < -0.4 is 5.32 Å². The molecule has 3 unspecified atom stereocenters. The first-order valence-corrected chi connectivity index (χ1v) is 5.21. The maximum absolute atomic E-state index is 10.3. The minimum absolute atomic E-state index is 0.171. The Morgan fingerprint density at radius 3 is 2.79 bits per heavy atom. The number of carbonyl (C=O) groups is 1. The Labute approximate surface area is 84.3 Å². The van der Waals surface area contributed by atoms with E-state index in [9.17, 15) is 9.90 Å². The van der Waals surface area contributed by atoms with Gasteiger partial charge in [-0.25, -0.2) is 0 Å². The average molecular weight is 201 g/mol. The van der Waals surface area contributed by atoms with Gasteiger partial charge in [0.05, 0.1) is 12.5 Å². The molecule has 1 aliphatic rings. The molecule has 0 aromatic carbocycles. The highest BCUT2D eigenvalue weighted by atomic mass is 16.4. The van der Waals surface area contributed by atoms with E-state index < -0.39 is 12.1 Å². The molecule has 1 fully saturated rings. The lowest BCUT2D eigenvalue weighted by Gasteiger charge is -2.14. The van der Waals surface area contributed by atoms with Crippen molar-refractivity contribution < 1.29 is 15.0 Å². The molecule has 0 amide bonds. The number of aliphatic hydroxyl groups is 1. The van der Waals surface area contributed by atoms with Gasteiger partial charge in [0.25, 0.3) is 0 Å². The Balaban J connectivity index is 2.11. The number of aliphatic carboxylic acids is 1. The van der Waals surface area contributed by atoms with Crippen molar-refractivity contribution in [3.63, 3.8) is 0 Å². The van der Waals surface area contributed by atoms with Gasteiger partial charge in [-0.2, -0.15) is 0 Å². The van der Waals surface area contributed by atoms with Gasteiger partial charge in [-0.3, -0.25) is 4.79 Å². The molecular weight excluding hydrogens is 182 g/mol. The average Bonchev–Trinajstić information content (AvgIpc) is 2.47. The van der Waals surface area contributed by atoms with Crippen LogP contribution in [0.2, 0.25) is 0 Å². The van der Waals surface area contributed by atoms with Gasteiger partial charge in [0.1, 0.15) is 0 Å². The van der Waals surface area contributed by atoms with Crippen molar-refractivity contribution in [3.05, 3.63) is 0 Å². The summed E-state index contributed by atoms with van der Waals surface area (Å²) in [6, 6.07) is 0.466. The van der Waals surface area contributed by atoms with Gasteiger partial charge < -0.3 is 15.5 Å². The van der Waals surface area contributed by atoms with Gasteiger partial charge in [0.2, 0.25) is 0 Å². The summed E-state index contributed by atoms with van der Waals surface area (Å²) < 4.78 is 0. The van der Waals surface area contributed by atoms with Gasteiger partial charge in [-0.15, -0.1) is 0 Å². The first-order chi connectivity index (χ1) is 6.58. The second-order valence-corrected chi connectivity index (χ2v) is 4.28. The second-order valence-electron chi connectivity index (χ2n) is 4.28. The summed E-state index contributed by atoms with van der Waals surface area (Å²) in [5, 5.41) is 20.9. The van der Waals surface area contributed by atoms with Crippen LogP contribution in [0.1, 0.15) is 32.6 Å². The molecule has 0 heterocycles. The Morgan fingerprint density at radius 2 is 2.29 bits per heavy atom. The van der Waals surface area contributed by atoms with Crippen LogP contribution in [0, 0.1) is 5.92 Å². The second kappa shape index (κ2) is 5.32. The number of hydrogen-bond donors (Lipinski definition) is 3. The van der Waals surface area contributed by atoms with Crippen LogP contribution in [0.25, 0.3) is 0 Å². The summed E-state index contributed by atoms with van der Waals surface area (Å²) in [6.45, 7) is 2.61. The topological polar surface area (TPSA) is 69.6 Å². The van der Waals surface area contributed by atoms with E-state index in [1.807, 2.05) is 0 Å². The molecule has 0 aromatic heterocycles. The summed E-state index contributed by atoms with van der Waals surface area (Å²) >= 11 is 0. The minimum Gasteiger partial charge on any atom is -0.481 e. The predicted molar refractivity (Wildman–Crippen MR) is 53.1 cm³/mol. The van der Waals surface area contributed by atoms with Gasteiger partial charge in [0.15, 0.2) is 0 Å². The number of nitrogens with one attached hydrogen (secondary N) is 1. The SMILES string of the molecule is CC1CCC(NCC(O)CC(=O)O)C1. The normalized spacial score (nSPS) is 29.0. The third-order valence-corrected chi connectivity index (χ3v) is 2.75. The van der Waals surface area contributed by atoms with Crippen molar-refractivity contribution in [2.45, 2.75) is 44.8 Å². The maximum atomic E-state index is 10.3. The van der Waals surface area contributed by atoms with Crippen LogP contribution in [0.3, 0.4) is 0 Å². The lowest BCUT2D eigenvalue weighted by atomic mass is 10.1. The number of hydrogen-bond acceptors (Lipinski definition) is 3. The van der Waals surface area contributed by atoms with Crippen LogP contribution in [0.15, 0.2) is 0 Å². The molecule has 4 heteroatoms. The van der Waals surface area contributed by atoms with Gasteiger partial charge in [-0.05, 0) is 25.2 Å².